The number of rotatable bonds is 8. The Morgan fingerprint density at radius 1 is 1.46 bits per heavy atom. The van der Waals surface area contributed by atoms with Gasteiger partial charge in [0.05, 0.1) is 34.8 Å². The van der Waals surface area contributed by atoms with Gasteiger partial charge in [0.15, 0.2) is 0 Å². The van der Waals surface area contributed by atoms with Crippen LogP contribution in [0.15, 0.2) is 41.8 Å². The largest absolute Gasteiger partial charge is 0.494 e. The van der Waals surface area contributed by atoms with Gasteiger partial charge in [-0.1, -0.05) is 11.6 Å². The van der Waals surface area contributed by atoms with Crippen molar-refractivity contribution in [2.75, 3.05) is 12.4 Å². The number of halogens is 1. The van der Waals surface area contributed by atoms with Gasteiger partial charge in [-0.2, -0.15) is 10.2 Å². The lowest BCUT2D eigenvalue weighted by atomic mass is 10.2. The smallest absolute Gasteiger partial charge is 0.252 e. The van der Waals surface area contributed by atoms with Crippen molar-refractivity contribution in [3.8, 4) is 5.75 Å². The summed E-state index contributed by atoms with van der Waals surface area (Å²) in [5.74, 6) is 0.266. The van der Waals surface area contributed by atoms with Crippen molar-refractivity contribution in [3.05, 3.63) is 47.2 Å². The third-order valence-electron chi connectivity index (χ3n) is 2.76. The van der Waals surface area contributed by atoms with Gasteiger partial charge >= 0.3 is 0 Å². The first-order valence-electron chi connectivity index (χ1n) is 7.14. The van der Waals surface area contributed by atoms with Crippen LogP contribution in [0.2, 0.25) is 5.02 Å². The summed E-state index contributed by atoms with van der Waals surface area (Å²) in [6, 6.07) is 7.27. The minimum atomic E-state index is -1.40. The number of hydrogen-bond donors (Lipinski definition) is 1. The van der Waals surface area contributed by atoms with Crippen molar-refractivity contribution in [3.63, 3.8) is 0 Å². The van der Waals surface area contributed by atoms with Crippen molar-refractivity contribution in [2.24, 2.45) is 5.10 Å². The predicted molar refractivity (Wildman–Crippen MR) is 93.6 cm³/mol. The molecule has 2 aromatic rings. The van der Waals surface area contributed by atoms with Gasteiger partial charge in [0, 0.05) is 6.20 Å². The molecular formula is C15H17ClN4O3S. The van der Waals surface area contributed by atoms with Gasteiger partial charge < -0.3 is 4.74 Å². The highest BCUT2D eigenvalue weighted by Gasteiger charge is 2.08. The van der Waals surface area contributed by atoms with E-state index >= 15 is 0 Å². The molecule has 1 aromatic heterocycles. The molecule has 0 saturated heterocycles. The molecule has 0 saturated carbocycles. The summed E-state index contributed by atoms with van der Waals surface area (Å²) in [5, 5.41) is 8.20. The molecule has 1 atom stereocenters. The Hall–Kier alpha value is -2.19. The van der Waals surface area contributed by atoms with Crippen LogP contribution >= 0.6 is 11.6 Å². The summed E-state index contributed by atoms with van der Waals surface area (Å²) in [4.78, 5) is 11.7. The fourth-order valence-electron chi connectivity index (χ4n) is 1.78. The van der Waals surface area contributed by atoms with E-state index in [9.17, 15) is 9.00 Å². The Morgan fingerprint density at radius 2 is 2.21 bits per heavy atom. The molecule has 1 aromatic carbocycles. The lowest BCUT2D eigenvalue weighted by Crippen LogP contribution is -2.25. The molecule has 0 radical (unpaired) electrons. The average Bonchev–Trinajstić information content (AvgIpc) is 2.94. The molecule has 9 heteroatoms. The molecular weight excluding hydrogens is 352 g/mol. The maximum Gasteiger partial charge on any atom is 0.252 e. The number of hydrazone groups is 1. The lowest BCUT2D eigenvalue weighted by molar-refractivity contribution is -0.118. The molecule has 2 rings (SSSR count). The van der Waals surface area contributed by atoms with Crippen molar-refractivity contribution in [2.45, 2.75) is 12.8 Å². The van der Waals surface area contributed by atoms with Gasteiger partial charge in [-0.15, -0.1) is 0 Å². The second kappa shape index (κ2) is 9.19. The van der Waals surface area contributed by atoms with Crippen LogP contribution in [0, 0.1) is 0 Å². The first-order chi connectivity index (χ1) is 11.6. The summed E-state index contributed by atoms with van der Waals surface area (Å²) >= 11 is 5.72. The molecule has 1 unspecified atom stereocenters. The molecule has 0 aliphatic carbocycles. The highest BCUT2D eigenvalue weighted by Crippen LogP contribution is 2.10. The number of carbonyl (C=O) groups excluding carboxylic acids is 1. The fraction of sp³-hybridized carbons (Fsp3) is 0.267. The zero-order valence-corrected chi connectivity index (χ0v) is 14.6. The third-order valence-corrected chi connectivity index (χ3v) is 4.10. The van der Waals surface area contributed by atoms with Crippen LogP contribution in [0.1, 0.15) is 12.5 Å². The van der Waals surface area contributed by atoms with Gasteiger partial charge in [0.2, 0.25) is 0 Å². The average molecular weight is 369 g/mol. The highest BCUT2D eigenvalue weighted by atomic mass is 35.5. The molecule has 0 spiro atoms. The summed E-state index contributed by atoms with van der Waals surface area (Å²) in [7, 11) is -1.40. The maximum absolute atomic E-state index is 11.8. The normalized spacial score (nSPS) is 12.2. The predicted octanol–water partition coefficient (Wildman–Crippen LogP) is 1.79. The molecule has 128 valence electrons. The van der Waals surface area contributed by atoms with Crippen LogP contribution in [-0.4, -0.2) is 38.5 Å². The van der Waals surface area contributed by atoms with E-state index in [-0.39, 0.29) is 11.6 Å². The van der Waals surface area contributed by atoms with Gasteiger partial charge in [-0.25, -0.2) is 5.43 Å². The maximum atomic E-state index is 11.8. The van der Waals surface area contributed by atoms with E-state index in [2.05, 4.69) is 15.6 Å². The Balaban J connectivity index is 1.76. The van der Waals surface area contributed by atoms with E-state index in [4.69, 9.17) is 16.3 Å². The molecule has 7 nitrogen and oxygen atoms in total. The fourth-order valence-corrected chi connectivity index (χ4v) is 2.82. The summed E-state index contributed by atoms with van der Waals surface area (Å²) < 4.78 is 18.6. The number of nitrogens with one attached hydrogen (secondary N) is 1. The Kier molecular flexibility index (Phi) is 6.95. The van der Waals surface area contributed by atoms with Crippen molar-refractivity contribution in [1.29, 1.82) is 0 Å². The van der Waals surface area contributed by atoms with Gasteiger partial charge in [-0.05, 0) is 36.8 Å². The zero-order chi connectivity index (χ0) is 17.4. The summed E-state index contributed by atoms with van der Waals surface area (Å²) in [5.41, 5.74) is 3.15. The zero-order valence-electron chi connectivity index (χ0n) is 13.0. The molecule has 0 aliphatic rings. The van der Waals surface area contributed by atoms with E-state index in [1.165, 1.54) is 17.1 Å². The van der Waals surface area contributed by atoms with E-state index in [1.807, 2.05) is 31.2 Å². The monoisotopic (exact) mass is 368 g/mol. The second-order valence-corrected chi connectivity index (χ2v) is 6.57. The van der Waals surface area contributed by atoms with Gasteiger partial charge in [0.1, 0.15) is 17.4 Å². The van der Waals surface area contributed by atoms with E-state index in [0.717, 1.165) is 11.3 Å². The summed E-state index contributed by atoms with van der Waals surface area (Å²) in [6.07, 6.45) is 4.49. The lowest BCUT2D eigenvalue weighted by Gasteiger charge is -2.03. The number of carbonyl (C=O) groups is 1. The number of hydrogen-bond acceptors (Lipinski definition) is 5. The van der Waals surface area contributed by atoms with Crippen LogP contribution in [-0.2, 0) is 21.5 Å². The molecule has 0 bridgehead atoms. The first kappa shape index (κ1) is 18.2. The SMILES string of the molecule is CCOc1ccc(C=NNC(=O)CS(=O)Cn2cc(Cl)cn2)cc1. The molecule has 1 heterocycles. The van der Waals surface area contributed by atoms with Gasteiger partial charge in [-0.3, -0.25) is 13.7 Å². The molecule has 0 aliphatic heterocycles. The van der Waals surface area contributed by atoms with Crippen LogP contribution in [0.4, 0.5) is 0 Å². The molecule has 24 heavy (non-hydrogen) atoms. The third kappa shape index (κ3) is 6.13. The van der Waals surface area contributed by atoms with Crippen LogP contribution in [0.3, 0.4) is 0 Å². The topological polar surface area (TPSA) is 85.6 Å². The highest BCUT2D eigenvalue weighted by molar-refractivity contribution is 7.84. The Labute approximate surface area is 147 Å². The van der Waals surface area contributed by atoms with Crippen LogP contribution in [0.5, 0.6) is 5.75 Å². The number of benzene rings is 1. The molecule has 1 amide bonds. The van der Waals surface area contributed by atoms with Crippen molar-refractivity contribution in [1.82, 2.24) is 15.2 Å². The van der Waals surface area contributed by atoms with Crippen molar-refractivity contribution >= 4 is 34.5 Å². The molecule has 0 fully saturated rings. The van der Waals surface area contributed by atoms with Crippen molar-refractivity contribution < 1.29 is 13.7 Å². The van der Waals surface area contributed by atoms with E-state index in [1.54, 1.807) is 6.20 Å². The first-order valence-corrected chi connectivity index (χ1v) is 9.01. The Bertz CT molecular complexity index is 731. The van der Waals surface area contributed by atoms with E-state index < -0.39 is 16.7 Å². The Morgan fingerprint density at radius 3 is 2.83 bits per heavy atom. The van der Waals surface area contributed by atoms with Crippen LogP contribution < -0.4 is 10.2 Å². The quantitative estimate of drug-likeness (QED) is 0.568. The number of amides is 1. The second-order valence-electron chi connectivity index (χ2n) is 4.71. The van der Waals surface area contributed by atoms with Gasteiger partial charge in [0.25, 0.3) is 5.91 Å². The standard InChI is InChI=1S/C15H17ClN4O3S/c1-2-23-14-5-3-12(4-6-14)7-17-19-15(21)10-24(22)11-20-9-13(16)8-18-20/h3-9H,2,10-11H2,1H3,(H,19,21). The number of ether oxygens (including phenoxy) is 1. The van der Waals surface area contributed by atoms with E-state index in [0.29, 0.717) is 11.6 Å². The molecule has 1 N–H and O–H groups in total. The minimum Gasteiger partial charge on any atom is -0.494 e. The number of nitrogens with zero attached hydrogens (tertiary/aromatic N) is 3. The summed E-state index contributed by atoms with van der Waals surface area (Å²) in [6.45, 7) is 2.52. The van der Waals surface area contributed by atoms with Crippen LogP contribution in [0.25, 0.3) is 0 Å². The number of aromatic nitrogens is 2. The minimum absolute atomic E-state index is 0.0999.